The Morgan fingerprint density at radius 2 is 2.05 bits per heavy atom. The zero-order valence-electron chi connectivity index (χ0n) is 10.7. The molecule has 0 spiro atoms. The summed E-state index contributed by atoms with van der Waals surface area (Å²) in [5.41, 5.74) is 0.128. The van der Waals surface area contributed by atoms with Crippen molar-refractivity contribution in [3.05, 3.63) is 47.5 Å². The molecule has 0 amide bonds. The highest BCUT2D eigenvalue weighted by atomic mass is 19.4. The van der Waals surface area contributed by atoms with Gasteiger partial charge in [0.2, 0.25) is 0 Å². The molecule has 3 nitrogen and oxygen atoms in total. The molecule has 0 aliphatic heterocycles. The van der Waals surface area contributed by atoms with Gasteiger partial charge in [-0.3, -0.25) is 0 Å². The van der Waals surface area contributed by atoms with E-state index in [1.165, 1.54) is 18.2 Å². The molecule has 0 aliphatic carbocycles. The minimum absolute atomic E-state index is 0.352. The van der Waals surface area contributed by atoms with Crippen LogP contribution in [0.3, 0.4) is 0 Å². The Bertz CT molecular complexity index is 590. The number of benzene rings is 1. The van der Waals surface area contributed by atoms with Crippen LogP contribution in [0.1, 0.15) is 18.1 Å². The summed E-state index contributed by atoms with van der Waals surface area (Å²) in [6.45, 7) is 2.91. The molecule has 1 aromatic heterocycles. The maximum absolute atomic E-state index is 13.2. The number of nitrogens with zero attached hydrogens (tertiary/aromatic N) is 2. The molecule has 108 valence electrons. The summed E-state index contributed by atoms with van der Waals surface area (Å²) in [5, 5.41) is 6.71. The Labute approximate surface area is 113 Å². The summed E-state index contributed by atoms with van der Waals surface area (Å²) >= 11 is 0. The fourth-order valence-corrected chi connectivity index (χ4v) is 1.78. The van der Waals surface area contributed by atoms with Crippen molar-refractivity contribution in [2.45, 2.75) is 19.6 Å². The van der Waals surface area contributed by atoms with Crippen LogP contribution in [-0.2, 0) is 12.7 Å². The summed E-state index contributed by atoms with van der Waals surface area (Å²) in [4.78, 5) is 0. The Kier molecular flexibility index (Phi) is 4.08. The van der Waals surface area contributed by atoms with Crippen molar-refractivity contribution in [2.24, 2.45) is 0 Å². The average molecular weight is 287 g/mol. The van der Waals surface area contributed by atoms with Crippen LogP contribution in [0.2, 0.25) is 0 Å². The van der Waals surface area contributed by atoms with Gasteiger partial charge in [0.1, 0.15) is 5.82 Å². The van der Waals surface area contributed by atoms with E-state index in [2.05, 4.69) is 10.4 Å². The summed E-state index contributed by atoms with van der Waals surface area (Å²) in [6.07, 6.45) is -2.80. The molecule has 1 heterocycles. The van der Waals surface area contributed by atoms with Gasteiger partial charge in [-0.05, 0) is 30.3 Å². The molecule has 0 saturated heterocycles. The van der Waals surface area contributed by atoms with E-state index < -0.39 is 17.6 Å². The minimum atomic E-state index is -4.44. The highest BCUT2D eigenvalue weighted by Gasteiger charge is 2.32. The lowest BCUT2D eigenvalue weighted by atomic mass is 10.1. The van der Waals surface area contributed by atoms with Crippen LogP contribution >= 0.6 is 0 Å². The third-order valence-corrected chi connectivity index (χ3v) is 2.76. The lowest BCUT2D eigenvalue weighted by molar-refractivity contribution is -0.137. The van der Waals surface area contributed by atoms with Gasteiger partial charge in [-0.15, -0.1) is 0 Å². The van der Waals surface area contributed by atoms with Crippen molar-refractivity contribution in [3.8, 4) is 5.69 Å². The normalized spacial score (nSPS) is 11.8. The predicted molar refractivity (Wildman–Crippen MR) is 65.9 cm³/mol. The molecule has 7 heteroatoms. The summed E-state index contributed by atoms with van der Waals surface area (Å²) in [5.74, 6) is -0.440. The maximum Gasteiger partial charge on any atom is 0.419 e. The van der Waals surface area contributed by atoms with E-state index in [1.54, 1.807) is 0 Å². The molecule has 0 unspecified atom stereocenters. The van der Waals surface area contributed by atoms with Gasteiger partial charge < -0.3 is 5.32 Å². The molecule has 0 atom stereocenters. The highest BCUT2D eigenvalue weighted by molar-refractivity contribution is 5.41. The van der Waals surface area contributed by atoms with Crippen LogP contribution in [-0.4, -0.2) is 16.3 Å². The number of alkyl halides is 3. The van der Waals surface area contributed by atoms with Crippen molar-refractivity contribution < 1.29 is 17.6 Å². The SMILES string of the molecule is CCNCc1cc(F)ccc1-n1cc(C(F)(F)F)cn1. The van der Waals surface area contributed by atoms with Gasteiger partial charge in [-0.25, -0.2) is 9.07 Å². The van der Waals surface area contributed by atoms with Crippen LogP contribution in [0.25, 0.3) is 5.69 Å². The topological polar surface area (TPSA) is 29.9 Å². The van der Waals surface area contributed by atoms with Crippen molar-refractivity contribution in [3.63, 3.8) is 0 Å². The van der Waals surface area contributed by atoms with Crippen molar-refractivity contribution >= 4 is 0 Å². The van der Waals surface area contributed by atoms with Crippen LogP contribution in [0, 0.1) is 5.82 Å². The van der Waals surface area contributed by atoms with Crippen molar-refractivity contribution in [1.82, 2.24) is 15.1 Å². The van der Waals surface area contributed by atoms with Gasteiger partial charge in [-0.1, -0.05) is 6.92 Å². The average Bonchev–Trinajstić information content (AvgIpc) is 2.85. The number of nitrogens with one attached hydrogen (secondary N) is 1. The second kappa shape index (κ2) is 5.62. The van der Waals surface area contributed by atoms with Crippen LogP contribution in [0.5, 0.6) is 0 Å². The third kappa shape index (κ3) is 3.16. The van der Waals surface area contributed by atoms with Gasteiger partial charge in [0, 0.05) is 12.7 Å². The largest absolute Gasteiger partial charge is 0.419 e. The van der Waals surface area contributed by atoms with Crippen LogP contribution < -0.4 is 5.32 Å². The number of aromatic nitrogens is 2. The van der Waals surface area contributed by atoms with E-state index in [0.717, 1.165) is 17.1 Å². The molecule has 0 aliphatic rings. The number of hydrogen-bond acceptors (Lipinski definition) is 2. The lowest BCUT2D eigenvalue weighted by Crippen LogP contribution is -2.14. The third-order valence-electron chi connectivity index (χ3n) is 2.76. The first-order chi connectivity index (χ1) is 9.41. The molecule has 1 N–H and O–H groups in total. The first kappa shape index (κ1) is 14.5. The zero-order chi connectivity index (χ0) is 14.8. The van der Waals surface area contributed by atoms with Crippen LogP contribution in [0.15, 0.2) is 30.6 Å². The molecule has 2 rings (SSSR count). The summed E-state index contributed by atoms with van der Waals surface area (Å²) in [7, 11) is 0. The fourth-order valence-electron chi connectivity index (χ4n) is 1.78. The Balaban J connectivity index is 2.39. The number of rotatable bonds is 4. The molecule has 0 radical (unpaired) electrons. The molecular weight excluding hydrogens is 274 g/mol. The molecule has 0 fully saturated rings. The molecular formula is C13H13F4N3. The predicted octanol–water partition coefficient (Wildman–Crippen LogP) is 3.14. The van der Waals surface area contributed by atoms with E-state index >= 15 is 0 Å². The number of halogens is 4. The number of hydrogen-bond donors (Lipinski definition) is 1. The van der Waals surface area contributed by atoms with E-state index in [-0.39, 0.29) is 0 Å². The quantitative estimate of drug-likeness (QED) is 0.876. The first-order valence-corrected chi connectivity index (χ1v) is 6.03. The summed E-state index contributed by atoms with van der Waals surface area (Å²) < 4.78 is 52.0. The molecule has 1 aromatic carbocycles. The second-order valence-corrected chi connectivity index (χ2v) is 4.22. The highest BCUT2D eigenvalue weighted by Crippen LogP contribution is 2.29. The van der Waals surface area contributed by atoms with E-state index in [1.807, 2.05) is 6.92 Å². The molecule has 0 saturated carbocycles. The Morgan fingerprint density at radius 3 is 2.65 bits per heavy atom. The van der Waals surface area contributed by atoms with Gasteiger partial charge in [0.15, 0.2) is 0 Å². The van der Waals surface area contributed by atoms with Gasteiger partial charge >= 0.3 is 6.18 Å². The fraction of sp³-hybridized carbons (Fsp3) is 0.308. The van der Waals surface area contributed by atoms with Crippen LogP contribution in [0.4, 0.5) is 17.6 Å². The molecule has 20 heavy (non-hydrogen) atoms. The lowest BCUT2D eigenvalue weighted by Gasteiger charge is -2.10. The maximum atomic E-state index is 13.2. The minimum Gasteiger partial charge on any atom is -0.313 e. The Hall–Kier alpha value is -1.89. The smallest absolute Gasteiger partial charge is 0.313 e. The van der Waals surface area contributed by atoms with E-state index in [4.69, 9.17) is 0 Å². The van der Waals surface area contributed by atoms with Crippen molar-refractivity contribution in [1.29, 1.82) is 0 Å². The standard InChI is InChI=1S/C13H13F4N3/c1-2-18-6-9-5-11(14)3-4-12(9)20-8-10(7-19-20)13(15,16)17/h3-5,7-8,18H,2,6H2,1H3. The van der Waals surface area contributed by atoms with E-state index in [9.17, 15) is 17.6 Å². The van der Waals surface area contributed by atoms with Crippen molar-refractivity contribution in [2.75, 3.05) is 6.54 Å². The Morgan fingerprint density at radius 1 is 1.30 bits per heavy atom. The second-order valence-electron chi connectivity index (χ2n) is 4.22. The van der Waals surface area contributed by atoms with Gasteiger partial charge in [0.05, 0.1) is 17.4 Å². The first-order valence-electron chi connectivity index (χ1n) is 6.03. The van der Waals surface area contributed by atoms with Gasteiger partial charge in [-0.2, -0.15) is 18.3 Å². The monoisotopic (exact) mass is 287 g/mol. The van der Waals surface area contributed by atoms with Gasteiger partial charge in [0.25, 0.3) is 0 Å². The molecule has 2 aromatic rings. The zero-order valence-corrected chi connectivity index (χ0v) is 10.7. The van der Waals surface area contributed by atoms with E-state index in [0.29, 0.717) is 24.3 Å². The molecule has 0 bridgehead atoms. The summed E-state index contributed by atoms with van der Waals surface area (Å²) in [6, 6.07) is 3.89.